The molecule has 1 aliphatic heterocycles. The number of rotatable bonds is 6. The Kier molecular flexibility index (Phi) is 8.11. The summed E-state index contributed by atoms with van der Waals surface area (Å²) < 4.78 is 5.83. The van der Waals surface area contributed by atoms with Crippen LogP contribution in [0.25, 0.3) is 0 Å². The molecule has 0 aromatic heterocycles. The van der Waals surface area contributed by atoms with Crippen molar-refractivity contribution in [2.45, 2.75) is 84.1 Å². The number of ether oxygens (including phenoxy) is 1. The number of nitrogens with one attached hydrogen (secondary N) is 1. The Morgan fingerprint density at radius 3 is 2.16 bits per heavy atom. The zero-order valence-corrected chi connectivity index (χ0v) is 19.8. The Labute approximate surface area is 187 Å². The molecule has 3 rings (SSSR count). The molecule has 1 aromatic rings. The van der Waals surface area contributed by atoms with Crippen LogP contribution in [0, 0.1) is 5.92 Å². The lowest BCUT2D eigenvalue weighted by atomic mass is 9.94. The van der Waals surface area contributed by atoms with Gasteiger partial charge in [-0.05, 0) is 56.9 Å². The molecule has 31 heavy (non-hydrogen) atoms. The lowest BCUT2D eigenvalue weighted by molar-refractivity contribution is -0.130. The van der Waals surface area contributed by atoms with Crippen molar-refractivity contribution in [2.24, 2.45) is 5.92 Å². The van der Waals surface area contributed by atoms with E-state index >= 15 is 0 Å². The van der Waals surface area contributed by atoms with Crippen molar-refractivity contribution >= 4 is 17.5 Å². The zero-order valence-electron chi connectivity index (χ0n) is 19.8. The number of amides is 2. The highest BCUT2D eigenvalue weighted by Crippen LogP contribution is 2.24. The van der Waals surface area contributed by atoms with E-state index in [4.69, 9.17) is 4.74 Å². The maximum atomic E-state index is 13.1. The first-order valence-electron chi connectivity index (χ1n) is 11.8. The maximum Gasteiger partial charge on any atom is 0.253 e. The fraction of sp³-hybridized carbons (Fsp3) is 0.680. The standard InChI is InChI=1S/C25H39N3O3/c1-17(2)23(28-15-18(3)31-19(4)16-28)24(29)26-21-13-11-20(12-14-21)25(30)27(5)22-9-7-6-8-10-22/h11-14,17-19,22-23H,6-10,15-16H2,1-5H3,(H,26,29). The summed E-state index contributed by atoms with van der Waals surface area (Å²) in [4.78, 5) is 30.1. The van der Waals surface area contributed by atoms with Crippen LogP contribution in [0.4, 0.5) is 5.69 Å². The molecule has 2 amide bonds. The molecule has 0 spiro atoms. The molecule has 1 aromatic carbocycles. The SMILES string of the molecule is CC1CN(C(C(=O)Nc2ccc(C(=O)N(C)C3CCCCC3)cc2)C(C)C)CC(C)O1. The topological polar surface area (TPSA) is 61.9 Å². The second-order valence-electron chi connectivity index (χ2n) is 9.67. The number of carbonyl (C=O) groups is 2. The molecule has 3 unspecified atom stereocenters. The molecule has 1 N–H and O–H groups in total. The van der Waals surface area contributed by atoms with Gasteiger partial charge in [-0.2, -0.15) is 0 Å². The van der Waals surface area contributed by atoms with Crippen LogP contribution in [0.1, 0.15) is 70.2 Å². The molecule has 0 bridgehead atoms. The van der Waals surface area contributed by atoms with Gasteiger partial charge in [0, 0.05) is 37.4 Å². The summed E-state index contributed by atoms with van der Waals surface area (Å²) in [6.07, 6.45) is 6.08. The Hall–Kier alpha value is -1.92. The van der Waals surface area contributed by atoms with E-state index in [2.05, 4.69) is 37.9 Å². The number of anilines is 1. The number of benzene rings is 1. The normalized spacial score (nSPS) is 24.1. The summed E-state index contributed by atoms with van der Waals surface area (Å²) in [6.45, 7) is 9.77. The van der Waals surface area contributed by atoms with Crippen molar-refractivity contribution in [1.29, 1.82) is 0 Å². The van der Waals surface area contributed by atoms with Crippen molar-refractivity contribution in [3.63, 3.8) is 0 Å². The second-order valence-corrected chi connectivity index (χ2v) is 9.67. The van der Waals surface area contributed by atoms with E-state index in [0.717, 1.165) is 31.6 Å². The predicted octanol–water partition coefficient (Wildman–Crippen LogP) is 4.16. The Morgan fingerprint density at radius 1 is 1.03 bits per heavy atom. The van der Waals surface area contributed by atoms with Gasteiger partial charge in [-0.15, -0.1) is 0 Å². The Balaban J connectivity index is 1.63. The van der Waals surface area contributed by atoms with Crippen molar-refractivity contribution in [3.8, 4) is 0 Å². The van der Waals surface area contributed by atoms with Crippen LogP contribution in [-0.2, 0) is 9.53 Å². The average molecular weight is 430 g/mol. The van der Waals surface area contributed by atoms with Gasteiger partial charge in [-0.25, -0.2) is 0 Å². The monoisotopic (exact) mass is 429 g/mol. The molecule has 1 aliphatic carbocycles. The van der Waals surface area contributed by atoms with Gasteiger partial charge < -0.3 is 15.0 Å². The summed E-state index contributed by atoms with van der Waals surface area (Å²) in [5, 5.41) is 3.06. The van der Waals surface area contributed by atoms with Gasteiger partial charge in [-0.1, -0.05) is 33.1 Å². The quantitative estimate of drug-likeness (QED) is 0.737. The van der Waals surface area contributed by atoms with Gasteiger partial charge in [0.05, 0.1) is 18.2 Å². The molecule has 1 saturated carbocycles. The molecular formula is C25H39N3O3. The molecule has 172 valence electrons. The molecule has 2 fully saturated rings. The minimum atomic E-state index is -0.215. The van der Waals surface area contributed by atoms with Gasteiger partial charge in [0.15, 0.2) is 0 Å². The van der Waals surface area contributed by atoms with Gasteiger partial charge in [0.1, 0.15) is 0 Å². The van der Waals surface area contributed by atoms with Crippen LogP contribution in [0.5, 0.6) is 0 Å². The van der Waals surface area contributed by atoms with Gasteiger partial charge in [0.25, 0.3) is 5.91 Å². The second kappa shape index (κ2) is 10.6. The predicted molar refractivity (Wildman–Crippen MR) is 124 cm³/mol. The highest BCUT2D eigenvalue weighted by atomic mass is 16.5. The maximum absolute atomic E-state index is 13.1. The molecule has 2 aliphatic rings. The molecule has 1 heterocycles. The van der Waals surface area contributed by atoms with Gasteiger partial charge >= 0.3 is 0 Å². The van der Waals surface area contributed by atoms with E-state index in [1.54, 1.807) is 0 Å². The van der Waals surface area contributed by atoms with Gasteiger partial charge in [-0.3, -0.25) is 14.5 Å². The number of hydrogen-bond acceptors (Lipinski definition) is 4. The van der Waals surface area contributed by atoms with E-state index in [1.807, 2.05) is 36.2 Å². The molecule has 6 nitrogen and oxygen atoms in total. The van der Waals surface area contributed by atoms with Crippen LogP contribution in [-0.4, -0.2) is 66.0 Å². The minimum absolute atomic E-state index is 0.00491. The average Bonchev–Trinajstić information content (AvgIpc) is 2.73. The van der Waals surface area contributed by atoms with Crippen molar-refractivity contribution in [2.75, 3.05) is 25.5 Å². The van der Waals surface area contributed by atoms with Crippen molar-refractivity contribution < 1.29 is 14.3 Å². The Morgan fingerprint density at radius 2 is 1.61 bits per heavy atom. The largest absolute Gasteiger partial charge is 0.373 e. The summed E-state index contributed by atoms with van der Waals surface area (Å²) >= 11 is 0. The van der Waals surface area contributed by atoms with E-state index < -0.39 is 0 Å². The summed E-state index contributed by atoms with van der Waals surface area (Å²) in [5.41, 5.74) is 1.39. The van der Waals surface area contributed by atoms with E-state index in [1.165, 1.54) is 19.3 Å². The van der Waals surface area contributed by atoms with Crippen molar-refractivity contribution in [3.05, 3.63) is 29.8 Å². The molecule has 0 radical (unpaired) electrons. The molecular weight excluding hydrogens is 390 g/mol. The zero-order chi connectivity index (χ0) is 22.5. The van der Waals surface area contributed by atoms with Crippen LogP contribution < -0.4 is 5.32 Å². The third-order valence-corrected chi connectivity index (χ3v) is 6.58. The molecule has 6 heteroatoms. The highest BCUT2D eigenvalue weighted by molar-refractivity contribution is 5.97. The molecule has 3 atom stereocenters. The lowest BCUT2D eigenvalue weighted by Crippen LogP contribution is -2.55. The number of hydrogen-bond donors (Lipinski definition) is 1. The minimum Gasteiger partial charge on any atom is -0.373 e. The van der Waals surface area contributed by atoms with Crippen LogP contribution >= 0.6 is 0 Å². The number of carbonyl (C=O) groups excluding carboxylic acids is 2. The fourth-order valence-electron chi connectivity index (χ4n) is 5.09. The van der Waals surface area contributed by atoms with Crippen LogP contribution in [0.2, 0.25) is 0 Å². The van der Waals surface area contributed by atoms with E-state index in [9.17, 15) is 9.59 Å². The Bertz CT molecular complexity index is 733. The van der Waals surface area contributed by atoms with Crippen LogP contribution in [0.3, 0.4) is 0 Å². The van der Waals surface area contributed by atoms with E-state index in [-0.39, 0.29) is 36.0 Å². The summed E-state index contributed by atoms with van der Waals surface area (Å²) in [7, 11) is 1.91. The van der Waals surface area contributed by atoms with Crippen LogP contribution in [0.15, 0.2) is 24.3 Å². The third-order valence-electron chi connectivity index (χ3n) is 6.58. The third kappa shape index (κ3) is 6.07. The summed E-state index contributed by atoms with van der Waals surface area (Å²) in [6, 6.07) is 7.43. The number of nitrogens with zero attached hydrogens (tertiary/aromatic N) is 2. The number of morpholine rings is 1. The first-order chi connectivity index (χ1) is 14.8. The fourth-order valence-corrected chi connectivity index (χ4v) is 5.09. The first kappa shape index (κ1) is 23.7. The van der Waals surface area contributed by atoms with E-state index in [0.29, 0.717) is 11.6 Å². The van der Waals surface area contributed by atoms with Crippen molar-refractivity contribution in [1.82, 2.24) is 9.80 Å². The lowest BCUT2D eigenvalue weighted by Gasteiger charge is -2.41. The molecule has 1 saturated heterocycles. The summed E-state index contributed by atoms with van der Waals surface area (Å²) in [5.74, 6) is 0.235. The first-order valence-corrected chi connectivity index (χ1v) is 11.8. The highest BCUT2D eigenvalue weighted by Gasteiger charge is 2.34. The smallest absolute Gasteiger partial charge is 0.253 e. The van der Waals surface area contributed by atoms with Gasteiger partial charge in [0.2, 0.25) is 5.91 Å².